The van der Waals surface area contributed by atoms with Crippen LogP contribution in [0.15, 0.2) is 35.3 Å². The zero-order chi connectivity index (χ0) is 35.0. The number of nitrogens with two attached hydrogens (primary N) is 1. The lowest BCUT2D eigenvalue weighted by molar-refractivity contribution is -0.139. The topological polar surface area (TPSA) is 114 Å². The summed E-state index contributed by atoms with van der Waals surface area (Å²) in [4.78, 5) is 39.1. The number of carboxylic acid groups (broad SMARTS) is 1. The van der Waals surface area contributed by atoms with E-state index in [0.29, 0.717) is 24.5 Å². The van der Waals surface area contributed by atoms with E-state index in [1.165, 1.54) is 6.07 Å². The highest BCUT2D eigenvalue weighted by Gasteiger charge is 2.38. The number of aliphatic carboxylic acids is 1. The lowest BCUT2D eigenvalue weighted by Gasteiger charge is -2.27. The highest BCUT2D eigenvalue weighted by atomic mass is 19.4. The number of rotatable bonds is 12. The highest BCUT2D eigenvalue weighted by Crippen LogP contribution is 2.46. The molecule has 47 heavy (non-hydrogen) atoms. The number of hydrogen-bond acceptors (Lipinski definition) is 4. The van der Waals surface area contributed by atoms with Gasteiger partial charge in [0.1, 0.15) is 17.7 Å². The quantitative estimate of drug-likeness (QED) is 0.180. The summed E-state index contributed by atoms with van der Waals surface area (Å²) in [6.45, 7) is 8.76. The number of alkyl halides is 3. The van der Waals surface area contributed by atoms with Gasteiger partial charge in [-0.1, -0.05) is 31.5 Å². The summed E-state index contributed by atoms with van der Waals surface area (Å²) < 4.78 is 75.0. The van der Waals surface area contributed by atoms with Crippen molar-refractivity contribution in [1.29, 1.82) is 0 Å². The van der Waals surface area contributed by atoms with Gasteiger partial charge in [0.2, 0.25) is 5.91 Å². The van der Waals surface area contributed by atoms with Gasteiger partial charge in [0.05, 0.1) is 18.0 Å². The van der Waals surface area contributed by atoms with Crippen molar-refractivity contribution in [3.8, 4) is 11.1 Å². The second kappa shape index (κ2) is 14.0. The molecule has 2 aromatic carbocycles. The molecule has 2 atom stereocenters. The molecule has 0 radical (unpaired) electrons. The number of nitrogens with zero attached hydrogens (tertiary/aromatic N) is 1. The molecular formula is C35H40F5N3O4. The van der Waals surface area contributed by atoms with Gasteiger partial charge < -0.3 is 20.7 Å². The van der Waals surface area contributed by atoms with Gasteiger partial charge in [0.15, 0.2) is 0 Å². The number of aromatic nitrogens is 1. The average molecular weight is 662 g/mol. The molecule has 0 spiro atoms. The number of hydrogen-bond donors (Lipinski definition) is 3. The van der Waals surface area contributed by atoms with Crippen molar-refractivity contribution in [1.82, 2.24) is 9.88 Å². The number of carbonyl (C=O) groups excluding carboxylic acids is 1. The van der Waals surface area contributed by atoms with Crippen molar-refractivity contribution >= 4 is 11.9 Å². The normalized spacial score (nSPS) is 14.7. The van der Waals surface area contributed by atoms with E-state index in [-0.39, 0.29) is 47.9 Å². The van der Waals surface area contributed by atoms with Crippen LogP contribution in [0.5, 0.6) is 0 Å². The molecule has 1 saturated carbocycles. The molecule has 0 bridgehead atoms. The van der Waals surface area contributed by atoms with E-state index in [1.54, 1.807) is 27.7 Å². The summed E-state index contributed by atoms with van der Waals surface area (Å²) in [6, 6.07) is 2.45. The van der Waals surface area contributed by atoms with Crippen molar-refractivity contribution < 1.29 is 36.6 Å². The summed E-state index contributed by atoms with van der Waals surface area (Å²) in [5.41, 5.74) is 5.54. The second-order valence-corrected chi connectivity index (χ2v) is 12.9. The van der Waals surface area contributed by atoms with E-state index in [4.69, 9.17) is 5.73 Å². The van der Waals surface area contributed by atoms with Crippen LogP contribution in [0.1, 0.15) is 96.5 Å². The fourth-order valence-corrected chi connectivity index (χ4v) is 6.38. The molecule has 4 N–H and O–H groups in total. The van der Waals surface area contributed by atoms with E-state index >= 15 is 8.78 Å². The van der Waals surface area contributed by atoms with Crippen LogP contribution in [0.4, 0.5) is 22.0 Å². The Balaban J connectivity index is 1.88. The van der Waals surface area contributed by atoms with Crippen LogP contribution in [-0.4, -0.2) is 28.1 Å². The number of aryl methyl sites for hydroxylation is 3. The molecule has 0 aliphatic heterocycles. The standard InChI is InChI=1S/C35H40F5N3O4/c1-17(2)10-27(43-16-22(8-9-41)25(14-28(43)44)35(38,39)40)34(47)42-26(15-29(45)46)31-32(36)23(21-6-7-21)13-24(33(31)37)30-19(4)11-18(3)12-20(30)5/h11-14,16-17,21,26-27H,6-10,15,41H2,1-5H3,(H,42,47)(H,45,46)/t26-,27?/m0/s1. The molecule has 0 saturated heterocycles. The summed E-state index contributed by atoms with van der Waals surface area (Å²) in [5, 5.41) is 12.3. The first-order valence-corrected chi connectivity index (χ1v) is 15.6. The molecule has 1 aliphatic carbocycles. The van der Waals surface area contributed by atoms with E-state index in [2.05, 4.69) is 5.32 Å². The average Bonchev–Trinajstić information content (AvgIpc) is 3.78. The Hall–Kier alpha value is -4.06. The second-order valence-electron chi connectivity index (χ2n) is 12.9. The van der Waals surface area contributed by atoms with Crippen LogP contribution in [-0.2, 0) is 22.2 Å². The van der Waals surface area contributed by atoms with Gasteiger partial charge in [-0.15, -0.1) is 0 Å². The zero-order valence-corrected chi connectivity index (χ0v) is 27.0. The molecule has 12 heteroatoms. The molecule has 1 fully saturated rings. The van der Waals surface area contributed by atoms with Gasteiger partial charge in [0, 0.05) is 23.4 Å². The van der Waals surface area contributed by atoms with Gasteiger partial charge in [-0.05, 0) is 98.7 Å². The van der Waals surface area contributed by atoms with Crippen LogP contribution < -0.4 is 16.6 Å². The molecule has 1 amide bonds. The third-order valence-corrected chi connectivity index (χ3v) is 8.49. The first-order valence-electron chi connectivity index (χ1n) is 15.6. The molecule has 7 nitrogen and oxygen atoms in total. The van der Waals surface area contributed by atoms with Crippen LogP contribution in [0.3, 0.4) is 0 Å². The lowest BCUT2D eigenvalue weighted by atomic mass is 9.87. The number of nitrogens with one attached hydrogen (secondary N) is 1. The summed E-state index contributed by atoms with van der Waals surface area (Å²) in [6.07, 6.45) is -3.78. The minimum atomic E-state index is -4.85. The van der Waals surface area contributed by atoms with Crippen LogP contribution >= 0.6 is 0 Å². The first-order chi connectivity index (χ1) is 21.9. The third kappa shape index (κ3) is 7.91. The Labute approximate surface area is 270 Å². The molecule has 1 unspecified atom stereocenters. The Bertz CT molecular complexity index is 1720. The van der Waals surface area contributed by atoms with Crippen molar-refractivity contribution in [2.45, 2.75) is 90.9 Å². The number of carbonyl (C=O) groups is 2. The fraction of sp³-hybridized carbons (Fsp3) is 0.457. The molecule has 4 rings (SSSR count). The number of halogens is 5. The van der Waals surface area contributed by atoms with E-state index < -0.39 is 64.9 Å². The third-order valence-electron chi connectivity index (χ3n) is 8.49. The first kappa shape index (κ1) is 35.8. The molecule has 254 valence electrons. The Morgan fingerprint density at radius 3 is 2.17 bits per heavy atom. The maximum atomic E-state index is 16.6. The van der Waals surface area contributed by atoms with Gasteiger partial charge in [-0.25, -0.2) is 8.78 Å². The lowest BCUT2D eigenvalue weighted by Crippen LogP contribution is -2.41. The Kier molecular flexibility index (Phi) is 10.6. The smallest absolute Gasteiger partial charge is 0.416 e. The zero-order valence-electron chi connectivity index (χ0n) is 27.0. The van der Waals surface area contributed by atoms with Gasteiger partial charge in [0.25, 0.3) is 5.56 Å². The van der Waals surface area contributed by atoms with Gasteiger partial charge >= 0.3 is 12.1 Å². The summed E-state index contributed by atoms with van der Waals surface area (Å²) >= 11 is 0. The van der Waals surface area contributed by atoms with Crippen LogP contribution in [0.2, 0.25) is 0 Å². The van der Waals surface area contributed by atoms with Gasteiger partial charge in [-0.2, -0.15) is 13.2 Å². The molecule has 1 aromatic heterocycles. The van der Waals surface area contributed by atoms with Crippen LogP contribution in [0.25, 0.3) is 11.1 Å². The number of pyridine rings is 1. The molecular weight excluding hydrogens is 621 g/mol. The van der Waals surface area contributed by atoms with Gasteiger partial charge in [-0.3, -0.25) is 14.4 Å². The maximum absolute atomic E-state index is 16.6. The summed E-state index contributed by atoms with van der Waals surface area (Å²) in [5.74, 6) is -4.87. The number of amides is 1. The highest BCUT2D eigenvalue weighted by molar-refractivity contribution is 5.82. The monoisotopic (exact) mass is 661 g/mol. The maximum Gasteiger partial charge on any atom is 0.416 e. The van der Waals surface area contributed by atoms with Crippen LogP contribution in [0, 0.1) is 38.3 Å². The predicted octanol–water partition coefficient (Wildman–Crippen LogP) is 7.04. The largest absolute Gasteiger partial charge is 0.481 e. The molecule has 3 aromatic rings. The predicted molar refractivity (Wildman–Crippen MR) is 168 cm³/mol. The summed E-state index contributed by atoms with van der Waals surface area (Å²) in [7, 11) is 0. The minimum Gasteiger partial charge on any atom is -0.481 e. The SMILES string of the molecule is Cc1cc(C)c(-c2cc(C3CC3)c(F)c([C@H](CC(=O)O)NC(=O)C(CC(C)C)n3cc(CCN)c(C(F)(F)F)cc3=O)c2F)c(C)c1. The van der Waals surface area contributed by atoms with Crippen molar-refractivity contribution in [3.05, 3.63) is 91.4 Å². The number of benzene rings is 2. The fourth-order valence-electron chi connectivity index (χ4n) is 6.38. The van der Waals surface area contributed by atoms with E-state index in [0.717, 1.165) is 27.5 Å². The van der Waals surface area contributed by atoms with E-state index in [1.807, 2.05) is 19.1 Å². The van der Waals surface area contributed by atoms with Crippen molar-refractivity contribution in [2.24, 2.45) is 11.7 Å². The number of carboxylic acids is 1. The minimum absolute atomic E-state index is 0.0426. The Morgan fingerprint density at radius 2 is 1.66 bits per heavy atom. The van der Waals surface area contributed by atoms with Crippen molar-refractivity contribution in [3.63, 3.8) is 0 Å². The van der Waals surface area contributed by atoms with Crippen molar-refractivity contribution in [2.75, 3.05) is 6.54 Å². The Morgan fingerprint density at radius 1 is 1.04 bits per heavy atom. The molecule has 1 heterocycles. The van der Waals surface area contributed by atoms with E-state index in [9.17, 15) is 32.7 Å². The molecule has 1 aliphatic rings.